The van der Waals surface area contributed by atoms with Crippen molar-refractivity contribution in [1.29, 1.82) is 0 Å². The van der Waals surface area contributed by atoms with Crippen LogP contribution in [-0.4, -0.2) is 42.2 Å². The third kappa shape index (κ3) is 5.85. The van der Waals surface area contributed by atoms with Crippen LogP contribution in [0.3, 0.4) is 0 Å². The van der Waals surface area contributed by atoms with Gasteiger partial charge in [0.2, 0.25) is 0 Å². The molecule has 2 aromatic rings. The molecule has 0 saturated carbocycles. The maximum atomic E-state index is 12.4. The van der Waals surface area contributed by atoms with Crippen molar-refractivity contribution in [3.05, 3.63) is 53.3 Å². The lowest BCUT2D eigenvalue weighted by molar-refractivity contribution is -0.146. The Hall–Kier alpha value is -3.29. The van der Waals surface area contributed by atoms with Gasteiger partial charge in [-0.3, -0.25) is 19.7 Å². The average Bonchev–Trinajstić information content (AvgIpc) is 3.07. The lowest BCUT2D eigenvalue weighted by Crippen LogP contribution is -2.47. The highest BCUT2D eigenvalue weighted by atomic mass is 16.5. The van der Waals surface area contributed by atoms with E-state index in [2.05, 4.69) is 10.7 Å². The first-order valence-corrected chi connectivity index (χ1v) is 9.83. The van der Waals surface area contributed by atoms with Gasteiger partial charge in [0.1, 0.15) is 11.8 Å². The normalized spacial score (nSPS) is 12.6. The van der Waals surface area contributed by atoms with Gasteiger partial charge >= 0.3 is 5.97 Å². The van der Waals surface area contributed by atoms with Crippen molar-refractivity contribution in [3.8, 4) is 5.75 Å². The number of hydrogen-bond acceptors (Lipinski definition) is 5. The molecule has 0 bridgehead atoms. The summed E-state index contributed by atoms with van der Waals surface area (Å²) in [4.78, 5) is 36.5. The minimum Gasteiger partial charge on any atom is -0.484 e. The van der Waals surface area contributed by atoms with Gasteiger partial charge in [-0.2, -0.15) is 0 Å². The van der Waals surface area contributed by atoms with E-state index in [4.69, 9.17) is 9.47 Å². The number of rotatable bonds is 9. The maximum Gasteiger partial charge on any atom is 0.328 e. The number of carbonyl (C=O) groups excluding carboxylic acids is 3. The van der Waals surface area contributed by atoms with Crippen LogP contribution in [-0.2, 0) is 14.3 Å². The topological polar surface area (TPSA) is 98.7 Å². The van der Waals surface area contributed by atoms with Gasteiger partial charge in [-0.15, -0.1) is 0 Å². The van der Waals surface area contributed by atoms with Crippen LogP contribution in [0.25, 0.3) is 0 Å². The molecule has 1 heterocycles. The molecule has 0 saturated heterocycles. The van der Waals surface area contributed by atoms with Gasteiger partial charge < -0.3 is 14.8 Å². The van der Waals surface area contributed by atoms with Gasteiger partial charge in [0.05, 0.1) is 7.11 Å². The predicted octanol–water partition coefficient (Wildman–Crippen LogP) is 2.57. The molecule has 1 aromatic carbocycles. The largest absolute Gasteiger partial charge is 0.484 e. The Labute approximate surface area is 176 Å². The van der Waals surface area contributed by atoms with E-state index < -0.39 is 17.9 Å². The zero-order chi connectivity index (χ0) is 22.3. The molecule has 0 radical (unpaired) electrons. The molecular weight excluding hydrogens is 386 g/mol. The molecule has 2 atom stereocenters. The number of methoxy groups -OCH3 is 1. The maximum absolute atomic E-state index is 12.4. The van der Waals surface area contributed by atoms with Gasteiger partial charge in [0.25, 0.3) is 11.8 Å². The lowest BCUT2D eigenvalue weighted by atomic mass is 9.99. The standard InChI is InChI=1S/C22H29N3O5/c1-6-14(2)20(22(28)29-5)23-19(26)13-30-18-11-9-17(10-12-18)21(27)24-25-15(3)7-8-16(25)4/h7-12,14,20H,6,13H2,1-5H3,(H,23,26)(H,24,27)/t14-,20-/m1/s1. The van der Waals surface area contributed by atoms with Crippen molar-refractivity contribution in [2.75, 3.05) is 19.1 Å². The van der Waals surface area contributed by atoms with Crippen molar-refractivity contribution in [2.24, 2.45) is 5.92 Å². The number of hydrogen-bond donors (Lipinski definition) is 2. The van der Waals surface area contributed by atoms with Crippen LogP contribution >= 0.6 is 0 Å². The number of amides is 2. The fourth-order valence-electron chi connectivity index (χ4n) is 2.87. The van der Waals surface area contributed by atoms with Crippen LogP contribution in [0.1, 0.15) is 42.0 Å². The van der Waals surface area contributed by atoms with Crippen LogP contribution in [0.4, 0.5) is 0 Å². The second-order valence-corrected chi connectivity index (χ2v) is 7.16. The Bertz CT molecular complexity index is 869. The number of benzene rings is 1. The Morgan fingerprint density at radius 3 is 2.17 bits per heavy atom. The summed E-state index contributed by atoms with van der Waals surface area (Å²) >= 11 is 0. The molecule has 0 aliphatic carbocycles. The van der Waals surface area contributed by atoms with E-state index in [0.717, 1.165) is 11.4 Å². The molecule has 8 nitrogen and oxygen atoms in total. The van der Waals surface area contributed by atoms with Gasteiger partial charge in [0, 0.05) is 17.0 Å². The summed E-state index contributed by atoms with van der Waals surface area (Å²) in [6.07, 6.45) is 0.715. The SMILES string of the molecule is CC[C@@H](C)[C@@H](NC(=O)COc1ccc(C(=O)Nn2c(C)ccc2C)cc1)C(=O)OC. The third-order valence-corrected chi connectivity index (χ3v) is 4.96. The second-order valence-electron chi connectivity index (χ2n) is 7.16. The number of nitrogens with zero attached hydrogens (tertiary/aromatic N) is 1. The van der Waals surface area contributed by atoms with E-state index in [-0.39, 0.29) is 18.4 Å². The van der Waals surface area contributed by atoms with E-state index in [0.29, 0.717) is 17.7 Å². The summed E-state index contributed by atoms with van der Waals surface area (Å²) in [6, 6.07) is 9.59. The fraction of sp³-hybridized carbons (Fsp3) is 0.409. The molecule has 2 N–H and O–H groups in total. The van der Waals surface area contributed by atoms with Gasteiger partial charge in [0.15, 0.2) is 6.61 Å². The van der Waals surface area contributed by atoms with Crippen LogP contribution in [0, 0.1) is 19.8 Å². The van der Waals surface area contributed by atoms with Gasteiger partial charge in [-0.05, 0) is 56.2 Å². The smallest absolute Gasteiger partial charge is 0.328 e. The van der Waals surface area contributed by atoms with E-state index in [1.165, 1.54) is 7.11 Å². The number of aromatic nitrogens is 1. The number of ether oxygens (including phenoxy) is 2. The molecule has 162 valence electrons. The first-order chi connectivity index (χ1) is 14.3. The monoisotopic (exact) mass is 415 g/mol. The zero-order valence-electron chi connectivity index (χ0n) is 18.0. The average molecular weight is 415 g/mol. The highest BCUT2D eigenvalue weighted by Gasteiger charge is 2.26. The van der Waals surface area contributed by atoms with Crippen LogP contribution in [0.5, 0.6) is 5.75 Å². The highest BCUT2D eigenvalue weighted by Crippen LogP contribution is 2.14. The molecule has 0 aliphatic heterocycles. The Balaban J connectivity index is 1.91. The summed E-state index contributed by atoms with van der Waals surface area (Å²) in [5.41, 5.74) is 5.14. The summed E-state index contributed by atoms with van der Waals surface area (Å²) in [5, 5.41) is 2.65. The molecule has 2 rings (SSSR count). The van der Waals surface area contributed by atoms with Crippen molar-refractivity contribution in [2.45, 2.75) is 40.2 Å². The van der Waals surface area contributed by atoms with Crippen LogP contribution in [0.2, 0.25) is 0 Å². The molecule has 30 heavy (non-hydrogen) atoms. The van der Waals surface area contributed by atoms with E-state index >= 15 is 0 Å². The fourth-order valence-corrected chi connectivity index (χ4v) is 2.87. The lowest BCUT2D eigenvalue weighted by Gasteiger charge is -2.21. The molecule has 0 unspecified atom stereocenters. The molecule has 0 aliphatic rings. The Morgan fingerprint density at radius 1 is 1.03 bits per heavy atom. The summed E-state index contributed by atoms with van der Waals surface area (Å²) in [5.74, 6) is -0.788. The Kier molecular flexibility index (Phi) is 8.03. The number of esters is 1. The molecule has 0 fully saturated rings. The minimum absolute atomic E-state index is 0.0632. The minimum atomic E-state index is -0.720. The van der Waals surface area contributed by atoms with Crippen LogP contribution in [0.15, 0.2) is 36.4 Å². The van der Waals surface area contributed by atoms with Gasteiger partial charge in [-0.1, -0.05) is 20.3 Å². The highest BCUT2D eigenvalue weighted by molar-refractivity contribution is 6.00. The van der Waals surface area contributed by atoms with Crippen molar-refractivity contribution < 1.29 is 23.9 Å². The summed E-state index contributed by atoms with van der Waals surface area (Å²) < 4.78 is 11.9. The molecule has 2 amide bonds. The van der Waals surface area contributed by atoms with Crippen LogP contribution < -0.4 is 15.5 Å². The van der Waals surface area contributed by atoms with Crippen molar-refractivity contribution in [3.63, 3.8) is 0 Å². The first-order valence-electron chi connectivity index (χ1n) is 9.83. The van der Waals surface area contributed by atoms with Gasteiger partial charge in [-0.25, -0.2) is 4.79 Å². The number of carbonyl (C=O) groups is 3. The zero-order valence-corrected chi connectivity index (χ0v) is 18.0. The summed E-state index contributed by atoms with van der Waals surface area (Å²) in [7, 11) is 1.29. The number of aryl methyl sites for hydroxylation is 2. The quantitative estimate of drug-likeness (QED) is 0.614. The predicted molar refractivity (Wildman–Crippen MR) is 113 cm³/mol. The van der Waals surface area contributed by atoms with E-state index in [1.54, 1.807) is 28.9 Å². The summed E-state index contributed by atoms with van der Waals surface area (Å²) in [6.45, 7) is 7.35. The Morgan fingerprint density at radius 2 is 1.63 bits per heavy atom. The molecule has 1 aromatic heterocycles. The number of nitrogens with one attached hydrogen (secondary N) is 2. The second kappa shape index (κ2) is 10.5. The molecule has 0 spiro atoms. The van der Waals surface area contributed by atoms with Crippen molar-refractivity contribution in [1.82, 2.24) is 9.99 Å². The van der Waals surface area contributed by atoms with E-state index in [1.807, 2.05) is 39.8 Å². The first kappa shape index (κ1) is 23.0. The third-order valence-electron chi connectivity index (χ3n) is 4.96. The molecular formula is C22H29N3O5. The molecule has 8 heteroatoms. The van der Waals surface area contributed by atoms with Crippen molar-refractivity contribution >= 4 is 17.8 Å². The van der Waals surface area contributed by atoms with E-state index in [9.17, 15) is 14.4 Å².